The van der Waals surface area contributed by atoms with Crippen LogP contribution in [0.25, 0.3) is 0 Å². The van der Waals surface area contributed by atoms with Crippen molar-refractivity contribution in [2.24, 2.45) is 4.99 Å². The Hall–Kier alpha value is -1.54. The van der Waals surface area contributed by atoms with Crippen LogP contribution < -0.4 is 4.90 Å². The van der Waals surface area contributed by atoms with Gasteiger partial charge in [0, 0.05) is 5.25 Å². The second-order valence-corrected chi connectivity index (χ2v) is 11.4. The summed E-state index contributed by atoms with van der Waals surface area (Å²) < 4.78 is 24.4. The highest BCUT2D eigenvalue weighted by Gasteiger charge is 2.50. The second kappa shape index (κ2) is 7.95. The molecule has 2 atom stereocenters. The summed E-state index contributed by atoms with van der Waals surface area (Å²) in [5.74, 6) is -0.268. The van der Waals surface area contributed by atoms with Crippen LogP contribution in [0.4, 0.5) is 5.69 Å². The highest BCUT2D eigenvalue weighted by Crippen LogP contribution is 2.45. The summed E-state index contributed by atoms with van der Waals surface area (Å²) in [6.45, 7) is 1.99. The van der Waals surface area contributed by atoms with Crippen molar-refractivity contribution in [1.82, 2.24) is 0 Å². The maximum atomic E-state index is 12.6. The third-order valence-corrected chi connectivity index (χ3v) is 8.76. The van der Waals surface area contributed by atoms with E-state index in [9.17, 15) is 13.2 Å². The zero-order valence-corrected chi connectivity index (χ0v) is 18.7. The molecule has 29 heavy (non-hydrogen) atoms. The van der Waals surface area contributed by atoms with Crippen LogP contribution in [0.1, 0.15) is 11.1 Å². The lowest BCUT2D eigenvalue weighted by Crippen LogP contribution is -2.38. The molecule has 5 nitrogen and oxygen atoms in total. The Kier molecular flexibility index (Phi) is 5.68. The van der Waals surface area contributed by atoms with E-state index >= 15 is 0 Å². The van der Waals surface area contributed by atoms with Gasteiger partial charge in [-0.05, 0) is 24.6 Å². The third kappa shape index (κ3) is 4.33. The van der Waals surface area contributed by atoms with Crippen molar-refractivity contribution in [3.05, 3.63) is 63.6 Å². The van der Waals surface area contributed by atoms with Crippen LogP contribution >= 0.6 is 35.0 Å². The Morgan fingerprint density at radius 2 is 1.79 bits per heavy atom. The quantitative estimate of drug-likeness (QED) is 0.676. The number of nitrogens with zero attached hydrogens (tertiary/aromatic N) is 2. The molecule has 1 amide bonds. The molecule has 152 valence electrons. The minimum Gasteiger partial charge on any atom is -0.313 e. The van der Waals surface area contributed by atoms with Crippen LogP contribution in [0.15, 0.2) is 47.5 Å². The van der Waals surface area contributed by atoms with Gasteiger partial charge in [0.15, 0.2) is 15.0 Å². The number of benzene rings is 2. The number of hydrogen-bond acceptors (Lipinski definition) is 4. The molecule has 2 heterocycles. The fourth-order valence-corrected chi connectivity index (χ4v) is 8.07. The Balaban J connectivity index is 1.69. The van der Waals surface area contributed by atoms with Gasteiger partial charge in [0.2, 0.25) is 0 Å². The van der Waals surface area contributed by atoms with Crippen LogP contribution in [0, 0.1) is 6.92 Å². The molecule has 0 unspecified atom stereocenters. The lowest BCUT2D eigenvalue weighted by Gasteiger charge is -2.26. The SMILES string of the molecule is Cc1ccc(CC(=O)N=C2S[C@H]3CS(=O)(=O)C[C@H]3N2c2c(Cl)cccc2Cl)cc1. The van der Waals surface area contributed by atoms with Gasteiger partial charge in [-0.3, -0.25) is 4.79 Å². The number of halogens is 2. The highest BCUT2D eigenvalue weighted by atomic mass is 35.5. The minimum absolute atomic E-state index is 0.0165. The molecule has 2 aliphatic rings. The molecule has 0 radical (unpaired) electrons. The zero-order chi connectivity index (χ0) is 20.8. The van der Waals surface area contributed by atoms with Crippen LogP contribution in [0.3, 0.4) is 0 Å². The van der Waals surface area contributed by atoms with Crippen molar-refractivity contribution in [1.29, 1.82) is 0 Å². The predicted molar refractivity (Wildman–Crippen MR) is 120 cm³/mol. The van der Waals surface area contributed by atoms with Crippen LogP contribution in [0.2, 0.25) is 10.0 Å². The van der Waals surface area contributed by atoms with E-state index in [1.54, 1.807) is 23.1 Å². The summed E-state index contributed by atoms with van der Waals surface area (Å²) in [6, 6.07) is 12.5. The Morgan fingerprint density at radius 3 is 2.45 bits per heavy atom. The number of anilines is 1. The first-order chi connectivity index (χ1) is 13.7. The second-order valence-electron chi connectivity index (χ2n) is 7.19. The molecule has 2 aromatic rings. The number of rotatable bonds is 3. The Labute approximate surface area is 184 Å². The van der Waals surface area contributed by atoms with Crippen molar-refractivity contribution in [2.75, 3.05) is 16.4 Å². The number of aryl methyl sites for hydroxylation is 1. The summed E-state index contributed by atoms with van der Waals surface area (Å²) in [5.41, 5.74) is 2.49. The molecule has 2 aromatic carbocycles. The lowest BCUT2D eigenvalue weighted by molar-refractivity contribution is -0.117. The van der Waals surface area contributed by atoms with Crippen molar-refractivity contribution in [3.63, 3.8) is 0 Å². The maximum absolute atomic E-state index is 12.6. The molecule has 4 rings (SSSR count). The summed E-state index contributed by atoms with van der Waals surface area (Å²) in [5, 5.41) is 1.02. The smallest absolute Gasteiger partial charge is 0.252 e. The largest absolute Gasteiger partial charge is 0.313 e. The lowest BCUT2D eigenvalue weighted by atomic mass is 10.1. The Bertz CT molecular complexity index is 1080. The van der Waals surface area contributed by atoms with Gasteiger partial charge in [0.05, 0.1) is 39.7 Å². The number of carbonyl (C=O) groups excluding carboxylic acids is 1. The number of fused-ring (bicyclic) bond motifs is 1. The predicted octanol–water partition coefficient (Wildman–Crippen LogP) is 4.15. The molecule has 2 fully saturated rings. The number of hydrogen-bond donors (Lipinski definition) is 0. The fourth-order valence-electron chi connectivity index (χ4n) is 3.57. The maximum Gasteiger partial charge on any atom is 0.252 e. The van der Waals surface area contributed by atoms with E-state index in [-0.39, 0.29) is 35.1 Å². The van der Waals surface area contributed by atoms with Gasteiger partial charge >= 0.3 is 0 Å². The molecule has 0 spiro atoms. The zero-order valence-electron chi connectivity index (χ0n) is 15.5. The number of thioether (sulfide) groups is 1. The van der Waals surface area contributed by atoms with E-state index < -0.39 is 9.84 Å². The first-order valence-corrected chi connectivity index (χ1v) is 12.5. The molecule has 2 saturated heterocycles. The van der Waals surface area contributed by atoms with Gasteiger partial charge in [-0.1, -0.05) is 70.9 Å². The molecule has 2 aliphatic heterocycles. The topological polar surface area (TPSA) is 66.8 Å². The van der Waals surface area contributed by atoms with Gasteiger partial charge in [0.1, 0.15) is 0 Å². The van der Waals surface area contributed by atoms with Crippen LogP contribution in [-0.4, -0.2) is 42.3 Å². The summed E-state index contributed by atoms with van der Waals surface area (Å²) in [7, 11) is -3.17. The first-order valence-electron chi connectivity index (χ1n) is 9.01. The molecule has 0 saturated carbocycles. The van der Waals surface area contributed by atoms with Gasteiger partial charge < -0.3 is 4.90 Å². The van der Waals surface area contributed by atoms with E-state index in [4.69, 9.17) is 23.2 Å². The minimum atomic E-state index is -3.17. The third-order valence-electron chi connectivity index (χ3n) is 4.94. The first kappa shape index (κ1) is 20.7. The molecular formula is C20H18Cl2N2O3S2. The molecule has 0 N–H and O–H groups in total. The number of amidine groups is 1. The van der Waals surface area contributed by atoms with Crippen molar-refractivity contribution < 1.29 is 13.2 Å². The molecular weight excluding hydrogens is 451 g/mol. The molecule has 9 heteroatoms. The summed E-state index contributed by atoms with van der Waals surface area (Å²) >= 11 is 14.1. The van der Waals surface area contributed by atoms with Gasteiger partial charge in [-0.25, -0.2) is 8.42 Å². The van der Waals surface area contributed by atoms with Crippen molar-refractivity contribution in [2.45, 2.75) is 24.6 Å². The van der Waals surface area contributed by atoms with E-state index in [1.165, 1.54) is 11.8 Å². The van der Waals surface area contributed by atoms with Crippen molar-refractivity contribution >= 4 is 61.6 Å². The van der Waals surface area contributed by atoms with Crippen LogP contribution in [0.5, 0.6) is 0 Å². The number of para-hydroxylation sites is 1. The standard InChI is InChI=1S/C20H18Cl2N2O3S2/c1-12-5-7-13(8-6-12)9-18(25)23-20-24(19-14(21)3-2-4-15(19)22)16-10-29(26,27)11-17(16)28-20/h2-8,16-17H,9-11H2,1H3/t16-,17+/m1/s1. The number of carbonyl (C=O) groups is 1. The average molecular weight is 469 g/mol. The molecule has 0 bridgehead atoms. The van der Waals surface area contributed by atoms with Gasteiger partial charge in [-0.15, -0.1) is 0 Å². The number of aliphatic imine (C=N–C) groups is 1. The van der Waals surface area contributed by atoms with E-state index in [1.807, 2.05) is 31.2 Å². The fraction of sp³-hybridized carbons (Fsp3) is 0.300. The number of sulfone groups is 1. The Morgan fingerprint density at radius 1 is 1.14 bits per heavy atom. The average Bonchev–Trinajstić information content (AvgIpc) is 3.09. The molecule has 0 aliphatic carbocycles. The summed E-state index contributed by atoms with van der Waals surface area (Å²) in [6.07, 6.45) is 0.169. The van der Waals surface area contributed by atoms with E-state index in [0.29, 0.717) is 20.9 Å². The molecule has 0 aromatic heterocycles. The van der Waals surface area contributed by atoms with E-state index in [2.05, 4.69) is 4.99 Å². The normalized spacial score (nSPS) is 24.1. The number of amides is 1. The van der Waals surface area contributed by atoms with Gasteiger partial charge in [-0.2, -0.15) is 4.99 Å². The van der Waals surface area contributed by atoms with Gasteiger partial charge in [0.25, 0.3) is 5.91 Å². The monoisotopic (exact) mass is 468 g/mol. The summed E-state index contributed by atoms with van der Waals surface area (Å²) in [4.78, 5) is 18.7. The highest BCUT2D eigenvalue weighted by molar-refractivity contribution is 8.16. The van der Waals surface area contributed by atoms with Crippen molar-refractivity contribution in [3.8, 4) is 0 Å². The van der Waals surface area contributed by atoms with E-state index in [0.717, 1.165) is 11.1 Å². The van der Waals surface area contributed by atoms with Crippen LogP contribution in [-0.2, 0) is 21.1 Å².